The van der Waals surface area contributed by atoms with Crippen LogP contribution in [0, 0.1) is 29.8 Å². The van der Waals surface area contributed by atoms with Crippen molar-refractivity contribution in [3.63, 3.8) is 0 Å². The Bertz CT molecular complexity index is 1570. The van der Waals surface area contributed by atoms with E-state index in [4.69, 9.17) is 11.2 Å². The van der Waals surface area contributed by atoms with E-state index in [0.717, 1.165) is 17.0 Å². The van der Waals surface area contributed by atoms with Crippen LogP contribution in [0.3, 0.4) is 0 Å². The Balaban J connectivity index is 1.49. The topological polar surface area (TPSA) is 26.3 Å². The summed E-state index contributed by atoms with van der Waals surface area (Å²) in [6, 6.07) is 24.9. The minimum Gasteiger partial charge on any atom is -0.438 e. The molecule has 0 aliphatic rings. The Labute approximate surface area is 202 Å². The lowest BCUT2D eigenvalue weighted by molar-refractivity contribution is 0.0126. The molecule has 172 valence electrons. The van der Waals surface area contributed by atoms with Gasteiger partial charge in [-0.05, 0) is 67.6 Å². The molecular formula is C29H18F3O2S+. The number of thiophene rings is 1. The number of terminal acetylenes is 1. The number of esters is 1. The third-order valence-corrected chi connectivity index (χ3v) is 8.27. The molecular weight excluding hydrogens is 469 g/mol. The first-order valence-electron chi connectivity index (χ1n) is 10.7. The number of ether oxygens (including phenoxy) is 1. The molecule has 0 N–H and O–H groups in total. The van der Waals surface area contributed by atoms with E-state index in [1.807, 2.05) is 36.4 Å². The van der Waals surface area contributed by atoms with Gasteiger partial charge in [-0.15, -0.1) is 6.42 Å². The van der Waals surface area contributed by atoms with Crippen LogP contribution in [0.2, 0.25) is 0 Å². The second-order valence-electron chi connectivity index (χ2n) is 8.14. The molecule has 0 aliphatic carbocycles. The zero-order chi connectivity index (χ0) is 24.7. The van der Waals surface area contributed by atoms with Gasteiger partial charge in [-0.2, -0.15) is 0 Å². The molecule has 0 bridgehead atoms. The average molecular weight is 488 g/mol. The maximum Gasteiger partial charge on any atom is 0.339 e. The van der Waals surface area contributed by atoms with Gasteiger partial charge in [0.1, 0.15) is 0 Å². The summed E-state index contributed by atoms with van der Waals surface area (Å²) in [5.41, 5.74) is -1.75. The number of rotatable bonds is 4. The van der Waals surface area contributed by atoms with Crippen LogP contribution in [0.5, 0.6) is 0 Å². The Morgan fingerprint density at radius 3 is 1.89 bits per heavy atom. The van der Waals surface area contributed by atoms with Gasteiger partial charge in [-0.25, -0.2) is 18.0 Å². The highest BCUT2D eigenvalue weighted by molar-refractivity contribution is 7.50. The van der Waals surface area contributed by atoms with Gasteiger partial charge < -0.3 is 4.74 Å². The highest BCUT2D eigenvalue weighted by atomic mass is 32.2. The molecule has 0 fully saturated rings. The lowest BCUT2D eigenvalue weighted by Crippen LogP contribution is -2.28. The number of hydrogen-bond acceptors (Lipinski definition) is 2. The molecule has 4 aromatic carbocycles. The quantitative estimate of drug-likeness (QED) is 0.112. The summed E-state index contributed by atoms with van der Waals surface area (Å²) in [7, 11) is -0.323. The predicted molar refractivity (Wildman–Crippen MR) is 133 cm³/mol. The summed E-state index contributed by atoms with van der Waals surface area (Å²) in [5, 5.41) is 2.39. The van der Waals surface area contributed by atoms with Crippen molar-refractivity contribution in [3.8, 4) is 17.2 Å². The van der Waals surface area contributed by atoms with Crippen molar-refractivity contribution >= 4 is 36.6 Å². The van der Waals surface area contributed by atoms with Gasteiger partial charge in [0.2, 0.25) is 0 Å². The molecule has 5 aromatic rings. The molecule has 6 heteroatoms. The number of hydrogen-bond donors (Lipinski definition) is 0. The second-order valence-corrected chi connectivity index (χ2v) is 10.1. The first-order valence-corrected chi connectivity index (χ1v) is 11.9. The third kappa shape index (κ3) is 3.84. The van der Waals surface area contributed by atoms with Crippen LogP contribution in [0.25, 0.3) is 25.1 Å². The number of halogens is 3. The predicted octanol–water partition coefficient (Wildman–Crippen LogP) is 7.85. The van der Waals surface area contributed by atoms with Crippen molar-refractivity contribution in [2.75, 3.05) is 0 Å². The van der Waals surface area contributed by atoms with Crippen LogP contribution in [0.4, 0.5) is 13.2 Å². The highest BCUT2D eigenvalue weighted by Gasteiger charge is 2.32. The molecule has 1 aromatic heterocycles. The van der Waals surface area contributed by atoms with Gasteiger partial charge in [0.25, 0.3) is 0 Å². The standard InChI is InChI=1S/C29H18F3O2S/c1-3-29(2,19-16-23(30)27(32)24(31)17-19)34-28(33)18-12-14-20(15-13-18)35-25-10-6-4-8-21(25)22-9-5-7-11-26(22)35/h1,4-17H,2H3/q+1. The fraction of sp³-hybridized carbons (Fsp3) is 0.0690. The van der Waals surface area contributed by atoms with Crippen molar-refractivity contribution in [2.45, 2.75) is 12.5 Å². The molecule has 1 unspecified atom stereocenters. The van der Waals surface area contributed by atoms with Gasteiger partial charge in [-0.3, -0.25) is 0 Å². The smallest absolute Gasteiger partial charge is 0.339 e. The number of fused-ring (bicyclic) bond motifs is 3. The zero-order valence-electron chi connectivity index (χ0n) is 18.5. The molecule has 0 saturated heterocycles. The van der Waals surface area contributed by atoms with E-state index >= 15 is 0 Å². The van der Waals surface area contributed by atoms with Crippen LogP contribution in [-0.2, 0) is 10.3 Å². The summed E-state index contributed by atoms with van der Waals surface area (Å²) in [6.45, 7) is 1.32. The van der Waals surface area contributed by atoms with Crippen molar-refractivity contribution in [1.29, 1.82) is 0 Å². The van der Waals surface area contributed by atoms with E-state index in [9.17, 15) is 18.0 Å². The summed E-state index contributed by atoms with van der Waals surface area (Å²) in [5.74, 6) is -2.97. The molecule has 1 atom stereocenters. The monoisotopic (exact) mass is 487 g/mol. The van der Waals surface area contributed by atoms with Crippen LogP contribution in [-0.4, -0.2) is 5.97 Å². The fourth-order valence-corrected chi connectivity index (χ4v) is 6.46. The average Bonchev–Trinajstić information content (AvgIpc) is 3.21. The molecule has 0 aliphatic heterocycles. The Morgan fingerprint density at radius 1 is 0.857 bits per heavy atom. The molecule has 0 amide bonds. The van der Waals surface area contributed by atoms with Crippen LogP contribution < -0.4 is 0 Å². The summed E-state index contributed by atoms with van der Waals surface area (Å²) in [4.78, 5) is 13.9. The van der Waals surface area contributed by atoms with E-state index in [-0.39, 0.29) is 21.6 Å². The Kier molecular flexibility index (Phi) is 5.58. The molecule has 0 spiro atoms. The van der Waals surface area contributed by atoms with Gasteiger partial charge in [0, 0.05) is 26.8 Å². The van der Waals surface area contributed by atoms with E-state index in [0.29, 0.717) is 0 Å². The summed E-state index contributed by atoms with van der Waals surface area (Å²) < 4.78 is 48.8. The van der Waals surface area contributed by atoms with Crippen LogP contribution in [0.1, 0.15) is 22.8 Å². The molecule has 35 heavy (non-hydrogen) atoms. The van der Waals surface area contributed by atoms with E-state index in [2.05, 4.69) is 30.2 Å². The summed E-state index contributed by atoms with van der Waals surface area (Å²) in [6.07, 6.45) is 5.54. The lowest BCUT2D eigenvalue weighted by atomic mass is 9.96. The number of benzene rings is 4. The minimum absolute atomic E-state index is 0.179. The van der Waals surface area contributed by atoms with Crippen LogP contribution >= 0.6 is 10.5 Å². The first-order chi connectivity index (χ1) is 16.8. The summed E-state index contributed by atoms with van der Waals surface area (Å²) >= 11 is 0. The van der Waals surface area contributed by atoms with Crippen molar-refractivity contribution in [2.24, 2.45) is 0 Å². The normalized spacial score (nSPS) is 12.9. The third-order valence-electron chi connectivity index (χ3n) is 5.94. The molecule has 5 rings (SSSR count). The zero-order valence-corrected chi connectivity index (χ0v) is 19.3. The maximum absolute atomic E-state index is 13.7. The van der Waals surface area contributed by atoms with E-state index in [1.165, 1.54) is 27.1 Å². The number of carbonyl (C=O) groups is 1. The maximum atomic E-state index is 13.7. The fourth-order valence-electron chi connectivity index (χ4n) is 4.08. The van der Waals surface area contributed by atoms with E-state index < -0.39 is 29.0 Å². The van der Waals surface area contributed by atoms with Crippen LogP contribution in [0.15, 0.2) is 84.9 Å². The van der Waals surface area contributed by atoms with Crippen molar-refractivity contribution in [3.05, 3.63) is 114 Å². The highest BCUT2D eigenvalue weighted by Crippen LogP contribution is 2.48. The Morgan fingerprint density at radius 2 is 1.37 bits per heavy atom. The lowest BCUT2D eigenvalue weighted by Gasteiger charge is -2.24. The van der Waals surface area contributed by atoms with Crippen molar-refractivity contribution in [1.82, 2.24) is 0 Å². The first kappa shape index (κ1) is 22.7. The van der Waals surface area contributed by atoms with E-state index in [1.54, 1.807) is 12.1 Å². The molecule has 2 nitrogen and oxygen atoms in total. The Hall–Kier alpha value is -4.08. The van der Waals surface area contributed by atoms with Crippen molar-refractivity contribution < 1.29 is 22.7 Å². The SMILES string of the molecule is C#CC(C)(OC(=O)c1ccc(-[s+]2c3ccccc3c3ccccc32)cc1)c1cc(F)c(F)c(F)c1. The largest absolute Gasteiger partial charge is 0.438 e. The van der Waals surface area contributed by atoms with Gasteiger partial charge in [0.05, 0.1) is 5.56 Å². The second kappa shape index (κ2) is 8.61. The minimum atomic E-state index is -1.80. The molecule has 0 radical (unpaired) electrons. The van der Waals surface area contributed by atoms with Gasteiger partial charge in [-0.1, -0.05) is 30.2 Å². The number of carbonyl (C=O) groups excluding carboxylic acids is 1. The molecule has 0 saturated carbocycles. The van der Waals surface area contributed by atoms with Gasteiger partial charge in [0.15, 0.2) is 37.3 Å². The van der Waals surface area contributed by atoms with Gasteiger partial charge >= 0.3 is 5.97 Å². The molecule has 1 heterocycles.